The minimum Gasteiger partial charge on any atom is -0.456 e. The Balaban J connectivity index is 2.21. The molecule has 0 aliphatic heterocycles. The van der Waals surface area contributed by atoms with E-state index < -0.39 is 0 Å². The molecule has 1 aromatic heterocycles. The molecule has 21 heavy (non-hydrogen) atoms. The van der Waals surface area contributed by atoms with Crippen LogP contribution in [0.3, 0.4) is 0 Å². The molecule has 0 saturated heterocycles. The first-order chi connectivity index (χ1) is 10.0. The van der Waals surface area contributed by atoms with Gasteiger partial charge in [0.15, 0.2) is 5.43 Å². The first-order valence-electron chi connectivity index (χ1n) is 6.56. The number of nitrogens with zero attached hydrogens (tertiary/aromatic N) is 1. The molecule has 106 valence electrons. The van der Waals surface area contributed by atoms with Gasteiger partial charge in [-0.2, -0.15) is 0 Å². The lowest BCUT2D eigenvalue weighted by Gasteiger charge is -2.12. The first-order valence-corrected chi connectivity index (χ1v) is 7.35. The van der Waals surface area contributed by atoms with Crippen molar-refractivity contribution < 1.29 is 4.42 Å². The minimum absolute atomic E-state index is 0.0283. The van der Waals surface area contributed by atoms with Crippen LogP contribution in [-0.4, -0.2) is 14.1 Å². The smallest absolute Gasteiger partial charge is 0.193 e. The first kappa shape index (κ1) is 13.9. The number of fused-ring (bicyclic) bond motifs is 1. The second kappa shape index (κ2) is 5.37. The second-order valence-electron chi connectivity index (χ2n) is 5.06. The SMILES string of the molecule is CN(C)c1ccc2c(=O)cc(-c3ccc(Br)cc3)oc2c1. The topological polar surface area (TPSA) is 33.5 Å². The minimum atomic E-state index is -0.0283. The average molecular weight is 344 g/mol. The van der Waals surface area contributed by atoms with Crippen molar-refractivity contribution in [3.63, 3.8) is 0 Å². The van der Waals surface area contributed by atoms with E-state index in [4.69, 9.17) is 4.42 Å². The fourth-order valence-corrected chi connectivity index (χ4v) is 2.44. The molecule has 0 atom stereocenters. The maximum absolute atomic E-state index is 12.2. The van der Waals surface area contributed by atoms with Crippen molar-refractivity contribution in [3.05, 3.63) is 63.2 Å². The third-order valence-electron chi connectivity index (χ3n) is 3.36. The Morgan fingerprint density at radius 3 is 2.38 bits per heavy atom. The predicted octanol–water partition coefficient (Wildman–Crippen LogP) is 4.29. The zero-order valence-corrected chi connectivity index (χ0v) is 13.3. The highest BCUT2D eigenvalue weighted by Crippen LogP contribution is 2.25. The molecule has 1 heterocycles. The maximum atomic E-state index is 12.2. The van der Waals surface area contributed by atoms with Gasteiger partial charge in [-0.1, -0.05) is 28.1 Å². The third kappa shape index (κ3) is 2.72. The summed E-state index contributed by atoms with van der Waals surface area (Å²) in [4.78, 5) is 14.2. The number of benzene rings is 2. The van der Waals surface area contributed by atoms with E-state index in [0.717, 1.165) is 15.7 Å². The van der Waals surface area contributed by atoms with E-state index >= 15 is 0 Å². The van der Waals surface area contributed by atoms with Gasteiger partial charge >= 0.3 is 0 Å². The lowest BCUT2D eigenvalue weighted by molar-refractivity contribution is 0.619. The summed E-state index contributed by atoms with van der Waals surface area (Å²) >= 11 is 3.40. The molecule has 0 saturated carbocycles. The fraction of sp³-hybridized carbons (Fsp3) is 0.118. The summed E-state index contributed by atoms with van der Waals surface area (Å²) < 4.78 is 6.91. The van der Waals surface area contributed by atoms with E-state index in [0.29, 0.717) is 16.7 Å². The van der Waals surface area contributed by atoms with Crippen molar-refractivity contribution in [2.45, 2.75) is 0 Å². The molecule has 0 amide bonds. The summed E-state index contributed by atoms with van der Waals surface area (Å²) in [5.41, 5.74) is 2.46. The summed E-state index contributed by atoms with van der Waals surface area (Å²) in [6.07, 6.45) is 0. The summed E-state index contributed by atoms with van der Waals surface area (Å²) in [6.45, 7) is 0. The predicted molar refractivity (Wildman–Crippen MR) is 89.9 cm³/mol. The number of hydrogen-bond donors (Lipinski definition) is 0. The van der Waals surface area contributed by atoms with Crippen molar-refractivity contribution in [1.29, 1.82) is 0 Å². The Hall–Kier alpha value is -2.07. The van der Waals surface area contributed by atoms with Crippen LogP contribution in [-0.2, 0) is 0 Å². The molecule has 2 aromatic carbocycles. The average Bonchev–Trinajstić information content (AvgIpc) is 2.47. The lowest BCUT2D eigenvalue weighted by atomic mass is 10.1. The Bertz CT molecular complexity index is 851. The zero-order valence-electron chi connectivity index (χ0n) is 11.8. The number of halogens is 1. The van der Waals surface area contributed by atoms with Crippen LogP contribution < -0.4 is 10.3 Å². The van der Waals surface area contributed by atoms with E-state index in [1.54, 1.807) is 6.07 Å². The monoisotopic (exact) mass is 343 g/mol. The van der Waals surface area contributed by atoms with Crippen LogP contribution in [0.1, 0.15) is 0 Å². The molecular formula is C17H14BrNO2. The van der Waals surface area contributed by atoms with Gasteiger partial charge in [0.25, 0.3) is 0 Å². The van der Waals surface area contributed by atoms with E-state index in [1.807, 2.05) is 61.5 Å². The quantitative estimate of drug-likeness (QED) is 0.695. The molecule has 0 aliphatic carbocycles. The highest BCUT2D eigenvalue weighted by Gasteiger charge is 2.08. The molecule has 0 N–H and O–H groups in total. The van der Waals surface area contributed by atoms with Gasteiger partial charge in [0, 0.05) is 42.0 Å². The van der Waals surface area contributed by atoms with Gasteiger partial charge in [0.1, 0.15) is 11.3 Å². The van der Waals surface area contributed by atoms with Gasteiger partial charge in [-0.3, -0.25) is 4.79 Å². The molecule has 0 fully saturated rings. The van der Waals surface area contributed by atoms with Crippen LogP contribution in [0, 0.1) is 0 Å². The maximum Gasteiger partial charge on any atom is 0.193 e. The number of rotatable bonds is 2. The molecule has 4 heteroatoms. The molecule has 3 aromatic rings. The van der Waals surface area contributed by atoms with Crippen molar-refractivity contribution >= 4 is 32.6 Å². The van der Waals surface area contributed by atoms with Gasteiger partial charge in [-0.05, 0) is 24.3 Å². The second-order valence-corrected chi connectivity index (χ2v) is 5.97. The normalized spacial score (nSPS) is 10.8. The molecular weight excluding hydrogens is 330 g/mol. The van der Waals surface area contributed by atoms with Gasteiger partial charge in [0.05, 0.1) is 5.39 Å². The van der Waals surface area contributed by atoms with Crippen molar-refractivity contribution in [3.8, 4) is 11.3 Å². The third-order valence-corrected chi connectivity index (χ3v) is 3.89. The molecule has 0 aliphatic rings. The van der Waals surface area contributed by atoms with Crippen molar-refractivity contribution in [1.82, 2.24) is 0 Å². The van der Waals surface area contributed by atoms with Crippen LogP contribution in [0.15, 0.2) is 62.2 Å². The van der Waals surface area contributed by atoms with Gasteiger partial charge in [0.2, 0.25) is 0 Å². The zero-order chi connectivity index (χ0) is 15.0. The van der Waals surface area contributed by atoms with Crippen LogP contribution >= 0.6 is 15.9 Å². The fourth-order valence-electron chi connectivity index (χ4n) is 2.18. The summed E-state index contributed by atoms with van der Waals surface area (Å²) in [6, 6.07) is 14.8. The molecule has 0 radical (unpaired) electrons. The molecule has 0 spiro atoms. The Morgan fingerprint density at radius 1 is 1.00 bits per heavy atom. The highest BCUT2D eigenvalue weighted by molar-refractivity contribution is 9.10. The summed E-state index contributed by atoms with van der Waals surface area (Å²) in [5.74, 6) is 0.580. The lowest BCUT2D eigenvalue weighted by Crippen LogP contribution is -2.09. The van der Waals surface area contributed by atoms with E-state index in [1.165, 1.54) is 0 Å². The number of hydrogen-bond acceptors (Lipinski definition) is 3. The van der Waals surface area contributed by atoms with E-state index in [9.17, 15) is 4.79 Å². The van der Waals surface area contributed by atoms with Gasteiger partial charge in [-0.15, -0.1) is 0 Å². The van der Waals surface area contributed by atoms with Crippen LogP contribution in [0.25, 0.3) is 22.3 Å². The van der Waals surface area contributed by atoms with Crippen LogP contribution in [0.5, 0.6) is 0 Å². The van der Waals surface area contributed by atoms with Gasteiger partial charge < -0.3 is 9.32 Å². The van der Waals surface area contributed by atoms with Crippen LogP contribution in [0.2, 0.25) is 0 Å². The van der Waals surface area contributed by atoms with E-state index in [2.05, 4.69) is 15.9 Å². The summed E-state index contributed by atoms with van der Waals surface area (Å²) in [7, 11) is 3.91. The highest BCUT2D eigenvalue weighted by atomic mass is 79.9. The molecule has 3 rings (SSSR count). The number of anilines is 1. The van der Waals surface area contributed by atoms with E-state index in [-0.39, 0.29) is 5.43 Å². The standard InChI is InChI=1S/C17H14BrNO2/c1-19(2)13-7-8-14-15(20)10-16(21-17(14)9-13)11-3-5-12(18)6-4-11/h3-10H,1-2H3. The Morgan fingerprint density at radius 2 is 1.71 bits per heavy atom. The molecule has 0 bridgehead atoms. The molecule has 0 unspecified atom stereocenters. The molecule has 3 nitrogen and oxygen atoms in total. The summed E-state index contributed by atoms with van der Waals surface area (Å²) in [5, 5.41) is 0.599. The van der Waals surface area contributed by atoms with Crippen LogP contribution in [0.4, 0.5) is 5.69 Å². The van der Waals surface area contributed by atoms with Gasteiger partial charge in [-0.25, -0.2) is 0 Å². The Kier molecular flexibility index (Phi) is 3.55. The Labute approximate surface area is 130 Å². The van der Waals surface area contributed by atoms with Crippen molar-refractivity contribution in [2.75, 3.05) is 19.0 Å². The van der Waals surface area contributed by atoms with Crippen molar-refractivity contribution in [2.24, 2.45) is 0 Å². The largest absolute Gasteiger partial charge is 0.456 e.